The number of hydrogen-bond donors (Lipinski definition) is 3. The number of pyridine rings is 1. The number of nitrogens with two attached hydrogens (primary N) is 1. The second-order valence-corrected chi connectivity index (χ2v) is 3.20. The molecule has 0 fully saturated rings. The quantitative estimate of drug-likeness (QED) is 0.582. The molecule has 0 aliphatic heterocycles. The van der Waals surface area contributed by atoms with E-state index in [0.717, 1.165) is 0 Å². The van der Waals surface area contributed by atoms with Crippen molar-refractivity contribution >= 4 is 5.97 Å². The van der Waals surface area contributed by atoms with Crippen LogP contribution in [0.15, 0.2) is 18.5 Å². The smallest absolute Gasteiger partial charge is 0.338 e. The van der Waals surface area contributed by atoms with E-state index in [1.165, 1.54) is 25.6 Å². The molecular weight excluding hydrogens is 212 g/mol. The van der Waals surface area contributed by atoms with Crippen molar-refractivity contribution in [1.82, 2.24) is 4.98 Å². The first-order valence-corrected chi connectivity index (χ1v) is 4.70. The van der Waals surface area contributed by atoms with Crippen LogP contribution in [0.1, 0.15) is 22.0 Å². The number of aliphatic hydroxyl groups is 2. The monoisotopic (exact) mass is 226 g/mol. The maximum Gasteiger partial charge on any atom is 0.338 e. The lowest BCUT2D eigenvalue weighted by Gasteiger charge is -2.18. The SMILES string of the molecule is COC(=O)c1ccncc1C(O)C(O)CN. The zero-order valence-electron chi connectivity index (χ0n) is 8.83. The molecule has 2 unspecified atom stereocenters. The number of rotatable bonds is 4. The Kier molecular flexibility index (Phi) is 4.36. The molecule has 0 radical (unpaired) electrons. The van der Waals surface area contributed by atoms with E-state index in [9.17, 15) is 15.0 Å². The van der Waals surface area contributed by atoms with Crippen molar-refractivity contribution in [2.45, 2.75) is 12.2 Å². The van der Waals surface area contributed by atoms with Gasteiger partial charge in [-0.2, -0.15) is 0 Å². The highest BCUT2D eigenvalue weighted by Gasteiger charge is 2.23. The molecule has 88 valence electrons. The maximum absolute atomic E-state index is 11.4. The van der Waals surface area contributed by atoms with Crippen LogP contribution in [0.5, 0.6) is 0 Å². The second kappa shape index (κ2) is 5.55. The van der Waals surface area contributed by atoms with E-state index < -0.39 is 18.2 Å². The Bertz CT molecular complexity index is 370. The summed E-state index contributed by atoms with van der Waals surface area (Å²) in [4.78, 5) is 15.2. The van der Waals surface area contributed by atoms with E-state index in [2.05, 4.69) is 9.72 Å². The maximum atomic E-state index is 11.4. The minimum absolute atomic E-state index is 0.114. The third-order valence-corrected chi connectivity index (χ3v) is 2.18. The fraction of sp³-hybridized carbons (Fsp3) is 0.400. The predicted molar refractivity (Wildman–Crippen MR) is 55.6 cm³/mol. The number of carbonyl (C=O) groups excluding carboxylic acids is 1. The molecule has 0 aliphatic carbocycles. The number of nitrogens with zero attached hydrogens (tertiary/aromatic N) is 1. The molecule has 0 aromatic carbocycles. The zero-order valence-corrected chi connectivity index (χ0v) is 8.83. The van der Waals surface area contributed by atoms with Gasteiger partial charge in [0.2, 0.25) is 0 Å². The Morgan fingerprint density at radius 3 is 2.88 bits per heavy atom. The Balaban J connectivity index is 3.08. The molecule has 6 heteroatoms. The molecule has 6 nitrogen and oxygen atoms in total. The molecule has 1 heterocycles. The number of esters is 1. The van der Waals surface area contributed by atoms with Crippen LogP contribution in [0.3, 0.4) is 0 Å². The Morgan fingerprint density at radius 1 is 1.62 bits per heavy atom. The lowest BCUT2D eigenvalue weighted by atomic mass is 10.0. The van der Waals surface area contributed by atoms with Crippen LogP contribution in [0.2, 0.25) is 0 Å². The highest BCUT2D eigenvalue weighted by atomic mass is 16.5. The second-order valence-electron chi connectivity index (χ2n) is 3.20. The van der Waals surface area contributed by atoms with E-state index in [4.69, 9.17) is 5.73 Å². The first-order chi connectivity index (χ1) is 7.61. The summed E-state index contributed by atoms with van der Waals surface area (Å²) in [6.45, 7) is -0.114. The molecule has 2 atom stereocenters. The average molecular weight is 226 g/mol. The molecule has 0 saturated heterocycles. The van der Waals surface area contributed by atoms with Gasteiger partial charge in [0.1, 0.15) is 6.10 Å². The number of aliphatic hydroxyl groups excluding tert-OH is 2. The summed E-state index contributed by atoms with van der Waals surface area (Å²) < 4.78 is 4.55. The van der Waals surface area contributed by atoms with Crippen LogP contribution in [0.25, 0.3) is 0 Å². The summed E-state index contributed by atoms with van der Waals surface area (Å²) >= 11 is 0. The lowest BCUT2D eigenvalue weighted by molar-refractivity contribution is 0.0226. The largest absolute Gasteiger partial charge is 0.465 e. The van der Waals surface area contributed by atoms with Gasteiger partial charge < -0.3 is 20.7 Å². The lowest BCUT2D eigenvalue weighted by Crippen LogP contribution is -2.28. The third kappa shape index (κ3) is 2.54. The molecule has 1 rings (SSSR count). The van der Waals surface area contributed by atoms with Crippen LogP contribution < -0.4 is 5.73 Å². The third-order valence-electron chi connectivity index (χ3n) is 2.18. The van der Waals surface area contributed by atoms with Gasteiger partial charge >= 0.3 is 5.97 Å². The van der Waals surface area contributed by atoms with Crippen LogP contribution in [-0.2, 0) is 4.74 Å². The normalized spacial score (nSPS) is 14.2. The van der Waals surface area contributed by atoms with E-state index in [1.54, 1.807) is 0 Å². The summed E-state index contributed by atoms with van der Waals surface area (Å²) in [5.74, 6) is -0.597. The van der Waals surface area contributed by atoms with Crippen LogP contribution in [0.4, 0.5) is 0 Å². The Labute approximate surface area is 92.7 Å². The summed E-state index contributed by atoms with van der Waals surface area (Å²) in [7, 11) is 1.23. The van der Waals surface area contributed by atoms with Crippen molar-refractivity contribution in [2.75, 3.05) is 13.7 Å². The highest BCUT2D eigenvalue weighted by molar-refractivity contribution is 5.90. The summed E-state index contributed by atoms with van der Waals surface area (Å²) in [6, 6.07) is 1.41. The van der Waals surface area contributed by atoms with Gasteiger partial charge in [-0.15, -0.1) is 0 Å². The fourth-order valence-corrected chi connectivity index (χ4v) is 1.27. The first kappa shape index (κ1) is 12.6. The summed E-state index contributed by atoms with van der Waals surface area (Å²) in [5.41, 5.74) is 5.59. The van der Waals surface area contributed by atoms with Crippen molar-refractivity contribution in [2.24, 2.45) is 5.73 Å². The zero-order chi connectivity index (χ0) is 12.1. The van der Waals surface area contributed by atoms with E-state index in [-0.39, 0.29) is 17.7 Å². The summed E-state index contributed by atoms with van der Waals surface area (Å²) in [5, 5.41) is 19.1. The van der Waals surface area contributed by atoms with Crippen molar-refractivity contribution in [3.8, 4) is 0 Å². The number of carbonyl (C=O) groups is 1. The molecule has 0 bridgehead atoms. The van der Waals surface area contributed by atoms with Gasteiger partial charge in [-0.05, 0) is 6.07 Å². The van der Waals surface area contributed by atoms with Gasteiger partial charge in [0.25, 0.3) is 0 Å². The van der Waals surface area contributed by atoms with Gasteiger partial charge in [-0.1, -0.05) is 0 Å². The Morgan fingerprint density at radius 2 is 2.31 bits per heavy atom. The van der Waals surface area contributed by atoms with Gasteiger partial charge in [-0.25, -0.2) is 4.79 Å². The average Bonchev–Trinajstić information content (AvgIpc) is 2.35. The number of hydrogen-bond acceptors (Lipinski definition) is 6. The molecule has 16 heavy (non-hydrogen) atoms. The molecule has 0 aliphatic rings. The predicted octanol–water partition coefficient (Wildman–Crippen LogP) is -0.779. The first-order valence-electron chi connectivity index (χ1n) is 4.70. The topological polar surface area (TPSA) is 106 Å². The minimum Gasteiger partial charge on any atom is -0.465 e. The van der Waals surface area contributed by atoms with Crippen molar-refractivity contribution in [1.29, 1.82) is 0 Å². The minimum atomic E-state index is -1.26. The standard InChI is InChI=1S/C10H14N2O4/c1-16-10(15)6-2-3-12-5-7(6)9(14)8(13)4-11/h2-3,5,8-9,13-14H,4,11H2,1H3. The van der Waals surface area contributed by atoms with Gasteiger partial charge in [0, 0.05) is 24.5 Å². The number of methoxy groups -OCH3 is 1. The van der Waals surface area contributed by atoms with Crippen LogP contribution in [-0.4, -0.2) is 40.9 Å². The van der Waals surface area contributed by atoms with Gasteiger partial charge in [-0.3, -0.25) is 4.98 Å². The van der Waals surface area contributed by atoms with Gasteiger partial charge in [0.05, 0.1) is 18.8 Å². The van der Waals surface area contributed by atoms with E-state index in [1.807, 2.05) is 0 Å². The molecule has 0 amide bonds. The van der Waals surface area contributed by atoms with Gasteiger partial charge in [0.15, 0.2) is 0 Å². The van der Waals surface area contributed by atoms with Crippen molar-refractivity contribution in [3.05, 3.63) is 29.6 Å². The van der Waals surface area contributed by atoms with Crippen LogP contribution in [0, 0.1) is 0 Å². The molecule has 0 saturated carbocycles. The number of ether oxygens (including phenoxy) is 1. The molecule has 1 aromatic heterocycles. The summed E-state index contributed by atoms with van der Waals surface area (Å²) in [6.07, 6.45) is 0.299. The fourth-order valence-electron chi connectivity index (χ4n) is 1.27. The van der Waals surface area contributed by atoms with Crippen LogP contribution >= 0.6 is 0 Å². The highest BCUT2D eigenvalue weighted by Crippen LogP contribution is 2.20. The molecule has 4 N–H and O–H groups in total. The van der Waals surface area contributed by atoms with E-state index >= 15 is 0 Å². The Hall–Kier alpha value is -1.50. The molecular formula is C10H14N2O4. The number of aromatic nitrogens is 1. The molecule has 0 spiro atoms. The van der Waals surface area contributed by atoms with E-state index in [0.29, 0.717) is 0 Å². The molecule has 1 aromatic rings. The van der Waals surface area contributed by atoms with Crippen molar-refractivity contribution in [3.63, 3.8) is 0 Å². The van der Waals surface area contributed by atoms with Crippen molar-refractivity contribution < 1.29 is 19.7 Å².